The maximum atomic E-state index is 13.7. The molecule has 1 aliphatic heterocycles. The third kappa shape index (κ3) is 2.47. The van der Waals surface area contributed by atoms with Gasteiger partial charge in [0.05, 0.1) is 21.4 Å². The summed E-state index contributed by atoms with van der Waals surface area (Å²) in [7, 11) is 2.14. The van der Waals surface area contributed by atoms with E-state index in [2.05, 4.69) is 37.4 Å². The number of imidazole rings is 1. The Hall–Kier alpha value is -0.650. The van der Waals surface area contributed by atoms with Crippen molar-refractivity contribution in [3.63, 3.8) is 0 Å². The van der Waals surface area contributed by atoms with E-state index in [9.17, 15) is 4.39 Å². The lowest BCUT2D eigenvalue weighted by Gasteiger charge is -2.31. The molecule has 1 aliphatic rings. The van der Waals surface area contributed by atoms with Crippen LogP contribution in [0.15, 0.2) is 16.6 Å². The molecule has 0 bridgehead atoms. The van der Waals surface area contributed by atoms with Crippen molar-refractivity contribution in [2.75, 3.05) is 20.1 Å². The summed E-state index contributed by atoms with van der Waals surface area (Å²) in [6, 6.07) is 3.68. The second kappa shape index (κ2) is 5.62. The zero-order valence-corrected chi connectivity index (χ0v) is 13.6. The molecule has 0 spiro atoms. The molecule has 108 valence electrons. The predicted octanol–water partition coefficient (Wildman–Crippen LogP) is 3.94. The molecule has 20 heavy (non-hydrogen) atoms. The second-order valence-corrected chi connectivity index (χ2v) is 6.44. The van der Waals surface area contributed by atoms with Gasteiger partial charge < -0.3 is 9.47 Å². The number of halogens is 3. The number of hydrogen-bond donors (Lipinski definition) is 0. The van der Waals surface area contributed by atoms with Gasteiger partial charge in [-0.2, -0.15) is 0 Å². The van der Waals surface area contributed by atoms with Crippen LogP contribution in [0.5, 0.6) is 0 Å². The van der Waals surface area contributed by atoms with E-state index in [0.717, 1.165) is 37.3 Å². The summed E-state index contributed by atoms with van der Waals surface area (Å²) < 4.78 is 16.3. The van der Waals surface area contributed by atoms with Crippen molar-refractivity contribution in [3.8, 4) is 0 Å². The minimum Gasteiger partial charge on any atom is -0.324 e. The smallest absolute Gasteiger partial charge is 0.139 e. The standard InChI is InChI=1S/C14H16BrClFN3/c1-19-4-2-9(3-5-19)20-13-6-10(15)11(17)7-12(13)18-14(20)8-16/h6-7,9H,2-5,8H2,1H3. The van der Waals surface area contributed by atoms with Crippen molar-refractivity contribution in [1.82, 2.24) is 14.5 Å². The van der Waals surface area contributed by atoms with Crippen LogP contribution in [0.25, 0.3) is 11.0 Å². The van der Waals surface area contributed by atoms with Gasteiger partial charge in [0.15, 0.2) is 0 Å². The van der Waals surface area contributed by atoms with Gasteiger partial charge in [0, 0.05) is 12.1 Å². The lowest BCUT2D eigenvalue weighted by atomic mass is 10.0. The molecule has 3 nitrogen and oxygen atoms in total. The predicted molar refractivity (Wildman–Crippen MR) is 82.7 cm³/mol. The Labute approximate surface area is 130 Å². The van der Waals surface area contributed by atoms with Crippen molar-refractivity contribution < 1.29 is 4.39 Å². The van der Waals surface area contributed by atoms with Gasteiger partial charge >= 0.3 is 0 Å². The molecule has 1 aromatic carbocycles. The topological polar surface area (TPSA) is 21.1 Å². The van der Waals surface area contributed by atoms with E-state index in [-0.39, 0.29) is 5.82 Å². The van der Waals surface area contributed by atoms with Crippen LogP contribution in [0.1, 0.15) is 24.7 Å². The van der Waals surface area contributed by atoms with E-state index in [4.69, 9.17) is 11.6 Å². The number of fused-ring (bicyclic) bond motifs is 1. The molecule has 0 unspecified atom stereocenters. The number of likely N-dealkylation sites (tertiary alicyclic amines) is 1. The molecule has 0 amide bonds. The first-order valence-electron chi connectivity index (χ1n) is 6.70. The van der Waals surface area contributed by atoms with E-state index in [1.807, 2.05) is 6.07 Å². The number of aromatic nitrogens is 2. The Morgan fingerprint density at radius 3 is 2.75 bits per heavy atom. The zero-order chi connectivity index (χ0) is 14.3. The van der Waals surface area contributed by atoms with Crippen molar-refractivity contribution in [1.29, 1.82) is 0 Å². The lowest BCUT2D eigenvalue weighted by molar-refractivity contribution is 0.222. The van der Waals surface area contributed by atoms with E-state index < -0.39 is 0 Å². The van der Waals surface area contributed by atoms with Gasteiger partial charge in [-0.15, -0.1) is 11.6 Å². The Morgan fingerprint density at radius 2 is 2.10 bits per heavy atom. The minimum atomic E-state index is -0.286. The highest BCUT2D eigenvalue weighted by Gasteiger charge is 2.23. The maximum Gasteiger partial charge on any atom is 0.139 e. The van der Waals surface area contributed by atoms with Crippen molar-refractivity contribution in [3.05, 3.63) is 28.2 Å². The third-order valence-corrected chi connectivity index (χ3v) is 4.82. The van der Waals surface area contributed by atoms with E-state index in [1.54, 1.807) is 0 Å². The number of rotatable bonds is 2. The number of hydrogen-bond acceptors (Lipinski definition) is 2. The van der Waals surface area contributed by atoms with Gasteiger partial charge in [-0.1, -0.05) is 0 Å². The van der Waals surface area contributed by atoms with Crippen LogP contribution < -0.4 is 0 Å². The summed E-state index contributed by atoms with van der Waals surface area (Å²) >= 11 is 9.29. The van der Waals surface area contributed by atoms with Crippen LogP contribution in [0.2, 0.25) is 0 Å². The van der Waals surface area contributed by atoms with Crippen LogP contribution in [-0.2, 0) is 5.88 Å². The van der Waals surface area contributed by atoms with Gasteiger partial charge in [0.25, 0.3) is 0 Å². The number of piperidine rings is 1. The summed E-state index contributed by atoms with van der Waals surface area (Å²) in [5.41, 5.74) is 1.64. The number of nitrogens with zero attached hydrogens (tertiary/aromatic N) is 3. The molecule has 0 radical (unpaired) electrons. The molecule has 2 aromatic rings. The van der Waals surface area contributed by atoms with E-state index in [0.29, 0.717) is 21.9 Å². The fourth-order valence-corrected chi connectivity index (χ4v) is 3.41. The molecule has 1 fully saturated rings. The summed E-state index contributed by atoms with van der Waals surface area (Å²) in [5, 5.41) is 0. The Balaban J connectivity index is 2.10. The summed E-state index contributed by atoms with van der Waals surface area (Å²) in [6.07, 6.45) is 2.14. The number of alkyl halides is 1. The Kier molecular flexibility index (Phi) is 4.02. The molecule has 0 saturated carbocycles. The minimum absolute atomic E-state index is 0.286. The highest BCUT2D eigenvalue weighted by atomic mass is 79.9. The monoisotopic (exact) mass is 359 g/mol. The molecule has 1 aromatic heterocycles. The van der Waals surface area contributed by atoms with E-state index in [1.165, 1.54) is 6.07 Å². The fourth-order valence-electron chi connectivity index (χ4n) is 2.90. The first-order valence-corrected chi connectivity index (χ1v) is 8.03. The van der Waals surface area contributed by atoms with Crippen LogP contribution in [-0.4, -0.2) is 34.6 Å². The molecular weight excluding hydrogens is 345 g/mol. The SMILES string of the molecule is CN1CCC(n2c(CCl)nc3cc(F)c(Br)cc32)CC1. The van der Waals surface area contributed by atoms with Crippen molar-refractivity contribution >= 4 is 38.6 Å². The summed E-state index contributed by atoms with van der Waals surface area (Å²) in [5.74, 6) is 0.889. The molecule has 0 N–H and O–H groups in total. The second-order valence-electron chi connectivity index (χ2n) is 5.32. The summed E-state index contributed by atoms with van der Waals surface area (Å²) in [6.45, 7) is 2.13. The van der Waals surface area contributed by atoms with Crippen LogP contribution >= 0.6 is 27.5 Å². The largest absolute Gasteiger partial charge is 0.324 e. The zero-order valence-electron chi connectivity index (χ0n) is 11.2. The summed E-state index contributed by atoms with van der Waals surface area (Å²) in [4.78, 5) is 6.81. The van der Waals surface area contributed by atoms with E-state index >= 15 is 0 Å². The van der Waals surface area contributed by atoms with Crippen molar-refractivity contribution in [2.24, 2.45) is 0 Å². The van der Waals surface area contributed by atoms with Gasteiger partial charge in [0.1, 0.15) is 11.6 Å². The number of benzene rings is 1. The van der Waals surface area contributed by atoms with Gasteiger partial charge in [-0.05, 0) is 55.0 Å². The normalized spacial score (nSPS) is 18.0. The molecular formula is C14H16BrClFN3. The average Bonchev–Trinajstić information content (AvgIpc) is 2.78. The van der Waals surface area contributed by atoms with Gasteiger partial charge in [0.2, 0.25) is 0 Å². The molecule has 3 rings (SSSR count). The Bertz CT molecular complexity index is 635. The van der Waals surface area contributed by atoms with Gasteiger partial charge in [-0.25, -0.2) is 9.37 Å². The quantitative estimate of drug-likeness (QED) is 0.756. The van der Waals surface area contributed by atoms with Crippen LogP contribution in [0, 0.1) is 5.82 Å². The molecule has 0 aliphatic carbocycles. The third-order valence-electron chi connectivity index (χ3n) is 3.98. The first-order chi connectivity index (χ1) is 9.60. The van der Waals surface area contributed by atoms with Crippen LogP contribution in [0.4, 0.5) is 4.39 Å². The Morgan fingerprint density at radius 1 is 1.40 bits per heavy atom. The molecule has 2 heterocycles. The van der Waals surface area contributed by atoms with Gasteiger partial charge in [-0.3, -0.25) is 0 Å². The fraction of sp³-hybridized carbons (Fsp3) is 0.500. The maximum absolute atomic E-state index is 13.7. The van der Waals surface area contributed by atoms with Crippen LogP contribution in [0.3, 0.4) is 0 Å². The molecule has 6 heteroatoms. The highest BCUT2D eigenvalue weighted by Crippen LogP contribution is 2.31. The molecule has 0 atom stereocenters. The molecule has 1 saturated heterocycles. The first kappa shape index (κ1) is 14.3. The average molecular weight is 361 g/mol. The van der Waals surface area contributed by atoms with Crippen molar-refractivity contribution in [2.45, 2.75) is 24.8 Å². The highest BCUT2D eigenvalue weighted by molar-refractivity contribution is 9.10. The lowest BCUT2D eigenvalue weighted by Crippen LogP contribution is -2.32.